The lowest BCUT2D eigenvalue weighted by atomic mass is 9.88. The van der Waals surface area contributed by atoms with Gasteiger partial charge in [0.15, 0.2) is 0 Å². The van der Waals surface area contributed by atoms with Gasteiger partial charge in [0.25, 0.3) is 5.91 Å². The van der Waals surface area contributed by atoms with Crippen molar-refractivity contribution in [3.05, 3.63) is 78.0 Å². The maximum absolute atomic E-state index is 12.4. The lowest BCUT2D eigenvalue weighted by molar-refractivity contribution is -0.114. The number of carbonyl (C=O) groups excluding carboxylic acids is 1. The maximum Gasteiger partial charge on any atom is 0.269 e. The quantitative estimate of drug-likeness (QED) is 0.179. The highest BCUT2D eigenvalue weighted by molar-refractivity contribution is 6.44. The highest BCUT2D eigenvalue weighted by Gasteiger charge is 2.29. The van der Waals surface area contributed by atoms with Crippen LogP contribution in [-0.4, -0.2) is 42.7 Å². The number of nitrogens with zero attached hydrogens (tertiary/aromatic N) is 2. The van der Waals surface area contributed by atoms with Gasteiger partial charge in [-0.2, -0.15) is 0 Å². The van der Waals surface area contributed by atoms with Crippen molar-refractivity contribution in [3.8, 4) is 0 Å². The van der Waals surface area contributed by atoms with Crippen LogP contribution in [0.2, 0.25) is 0 Å². The molecule has 1 aromatic rings. The second kappa shape index (κ2) is 14.3. The minimum atomic E-state index is -0.0286. The van der Waals surface area contributed by atoms with E-state index in [-0.39, 0.29) is 17.4 Å². The first-order valence-corrected chi connectivity index (χ1v) is 14.7. The fourth-order valence-corrected chi connectivity index (χ4v) is 5.58. The van der Waals surface area contributed by atoms with Crippen molar-refractivity contribution in [3.63, 3.8) is 0 Å². The Morgan fingerprint density at radius 3 is 2.64 bits per heavy atom. The lowest BCUT2D eigenvalue weighted by Crippen LogP contribution is -2.35. The number of carbonyl (C=O) groups is 1. The summed E-state index contributed by atoms with van der Waals surface area (Å²) in [6, 6.07) is 7.10. The molecule has 2 N–H and O–H groups in total. The minimum Gasteiger partial charge on any atom is -0.390 e. The topological polar surface area (TPSA) is 56.7 Å². The summed E-state index contributed by atoms with van der Waals surface area (Å²) in [6.45, 7) is 21.5. The molecular formula is C34H50N4O. The zero-order valence-electron chi connectivity index (χ0n) is 24.9. The Kier molecular flexibility index (Phi) is 11.2. The number of fused-ring (bicyclic) bond motifs is 1. The van der Waals surface area contributed by atoms with Crippen LogP contribution in [0.5, 0.6) is 0 Å². The molecule has 1 amide bonds. The summed E-state index contributed by atoms with van der Waals surface area (Å²) in [5, 5.41) is 6.29. The molecule has 0 bridgehead atoms. The normalized spacial score (nSPS) is 15.5. The van der Waals surface area contributed by atoms with Crippen molar-refractivity contribution < 1.29 is 4.79 Å². The van der Waals surface area contributed by atoms with Crippen LogP contribution in [0.15, 0.2) is 66.4 Å². The van der Waals surface area contributed by atoms with Crippen molar-refractivity contribution in [2.75, 3.05) is 20.1 Å². The molecule has 212 valence electrons. The van der Waals surface area contributed by atoms with Crippen LogP contribution in [-0.2, 0) is 17.8 Å². The first-order valence-electron chi connectivity index (χ1n) is 14.7. The highest BCUT2D eigenvalue weighted by atomic mass is 16.1. The predicted molar refractivity (Wildman–Crippen MR) is 167 cm³/mol. The van der Waals surface area contributed by atoms with E-state index < -0.39 is 0 Å². The Balaban J connectivity index is 1.34. The second-order valence-electron chi connectivity index (χ2n) is 12.2. The Morgan fingerprint density at radius 1 is 1.18 bits per heavy atom. The van der Waals surface area contributed by atoms with E-state index in [1.165, 1.54) is 41.5 Å². The molecule has 0 aromatic heterocycles. The van der Waals surface area contributed by atoms with Crippen molar-refractivity contribution in [1.29, 1.82) is 0 Å². The van der Waals surface area contributed by atoms with Crippen LogP contribution in [0.4, 0.5) is 0 Å². The number of allylic oxidation sites excluding steroid dienone is 1. The third-order valence-electron chi connectivity index (χ3n) is 7.62. The Hall–Kier alpha value is -3.08. The predicted octanol–water partition coefficient (Wildman–Crippen LogP) is 6.97. The van der Waals surface area contributed by atoms with Gasteiger partial charge in [0.2, 0.25) is 0 Å². The van der Waals surface area contributed by atoms with Gasteiger partial charge >= 0.3 is 0 Å². The van der Waals surface area contributed by atoms with E-state index in [0.717, 1.165) is 63.0 Å². The average molecular weight is 531 g/mol. The van der Waals surface area contributed by atoms with Crippen LogP contribution in [0.1, 0.15) is 88.8 Å². The molecule has 0 saturated heterocycles. The zero-order chi connectivity index (χ0) is 28.4. The number of amides is 1. The third-order valence-corrected chi connectivity index (χ3v) is 7.62. The van der Waals surface area contributed by atoms with Crippen molar-refractivity contribution in [1.82, 2.24) is 15.5 Å². The maximum atomic E-state index is 12.4. The van der Waals surface area contributed by atoms with E-state index in [0.29, 0.717) is 12.3 Å². The number of nitrogens with one attached hydrogen (secondary N) is 2. The zero-order valence-corrected chi connectivity index (χ0v) is 24.9. The first-order chi connectivity index (χ1) is 18.6. The number of rotatable bonds is 16. The molecule has 0 saturated carbocycles. The van der Waals surface area contributed by atoms with Crippen LogP contribution >= 0.6 is 0 Å². The third kappa shape index (κ3) is 8.98. The number of likely N-dealkylation sites (N-methyl/N-ethyl adjacent to an activating group) is 1. The van der Waals surface area contributed by atoms with E-state index in [4.69, 9.17) is 0 Å². The number of hydrogen-bond acceptors (Lipinski definition) is 4. The number of unbranched alkanes of at least 4 members (excludes halogenated alkanes) is 4. The number of aliphatic imine (C=N–C) groups is 1. The molecule has 5 nitrogen and oxygen atoms in total. The van der Waals surface area contributed by atoms with Gasteiger partial charge in [-0.3, -0.25) is 9.79 Å². The Bertz CT molecular complexity index is 1100. The molecule has 5 heteroatoms. The van der Waals surface area contributed by atoms with Gasteiger partial charge in [-0.25, -0.2) is 0 Å². The SMILES string of the molecule is C=CCCC(C(=C)NC)N1Cc2cc(CCCCCCCNC(=O)C3=NCC(CC(C)(C)C)=C3)ccc2C1=C. The van der Waals surface area contributed by atoms with Gasteiger partial charge in [0.1, 0.15) is 5.71 Å². The molecule has 2 aliphatic rings. The van der Waals surface area contributed by atoms with E-state index in [1.54, 1.807) is 0 Å². The highest BCUT2D eigenvalue weighted by Crippen LogP contribution is 2.36. The van der Waals surface area contributed by atoms with Crippen LogP contribution in [0.3, 0.4) is 0 Å². The Labute approximate surface area is 237 Å². The number of aryl methyl sites for hydroxylation is 1. The van der Waals surface area contributed by atoms with E-state index in [1.807, 2.05) is 19.2 Å². The van der Waals surface area contributed by atoms with E-state index >= 15 is 0 Å². The molecule has 2 aliphatic heterocycles. The largest absolute Gasteiger partial charge is 0.390 e. The smallest absolute Gasteiger partial charge is 0.269 e. The summed E-state index contributed by atoms with van der Waals surface area (Å²) >= 11 is 0. The van der Waals surface area contributed by atoms with Crippen molar-refractivity contribution >= 4 is 17.3 Å². The standard InChI is InChI=1S/C34H50N4O/c1-8-9-16-32(25(2)35-7)38-24-29-20-27(17-18-30(29)26(38)3)15-13-11-10-12-14-19-36-33(39)31-21-28(23-37-31)22-34(4,5)6/h8,17-18,20-21,32,35H,1-3,9-16,19,22-24H2,4-7H3,(H,36,39). The van der Waals surface area contributed by atoms with Gasteiger partial charge in [-0.05, 0) is 66.7 Å². The number of hydrogen-bond donors (Lipinski definition) is 2. The Morgan fingerprint density at radius 2 is 1.92 bits per heavy atom. The molecule has 39 heavy (non-hydrogen) atoms. The summed E-state index contributed by atoms with van der Waals surface area (Å²) in [4.78, 5) is 19.2. The molecule has 2 heterocycles. The lowest BCUT2D eigenvalue weighted by Gasteiger charge is -2.32. The fraction of sp³-hybridized carbons (Fsp3) is 0.529. The molecule has 0 spiro atoms. The molecule has 1 atom stereocenters. The molecule has 1 aromatic carbocycles. The minimum absolute atomic E-state index is 0.0286. The summed E-state index contributed by atoms with van der Waals surface area (Å²) in [6.07, 6.45) is 13.7. The van der Waals surface area contributed by atoms with Gasteiger partial charge in [0.05, 0.1) is 12.6 Å². The summed E-state index contributed by atoms with van der Waals surface area (Å²) in [5.41, 5.74) is 8.23. The van der Waals surface area contributed by atoms with Gasteiger partial charge in [0, 0.05) is 37.1 Å². The van der Waals surface area contributed by atoms with Gasteiger partial charge in [-0.15, -0.1) is 6.58 Å². The van der Waals surface area contributed by atoms with Crippen molar-refractivity contribution in [2.45, 2.75) is 91.1 Å². The average Bonchev–Trinajstić information content (AvgIpc) is 3.48. The summed E-state index contributed by atoms with van der Waals surface area (Å²) < 4.78 is 0. The molecule has 1 unspecified atom stereocenters. The van der Waals surface area contributed by atoms with Crippen LogP contribution in [0, 0.1) is 5.41 Å². The molecule has 0 radical (unpaired) electrons. The molecule has 3 rings (SSSR count). The molecular weight excluding hydrogens is 480 g/mol. The van der Waals surface area contributed by atoms with E-state index in [9.17, 15) is 4.79 Å². The van der Waals surface area contributed by atoms with Gasteiger partial charge in [-0.1, -0.05) is 77.5 Å². The van der Waals surface area contributed by atoms with E-state index in [2.05, 4.69) is 79.2 Å². The van der Waals surface area contributed by atoms with Crippen LogP contribution in [0.25, 0.3) is 5.70 Å². The summed E-state index contributed by atoms with van der Waals surface area (Å²) in [5.74, 6) is -0.0286. The molecule has 0 aliphatic carbocycles. The van der Waals surface area contributed by atoms with Crippen molar-refractivity contribution in [2.24, 2.45) is 10.4 Å². The van der Waals surface area contributed by atoms with Crippen LogP contribution < -0.4 is 10.6 Å². The number of benzene rings is 1. The molecule has 0 fully saturated rings. The fourth-order valence-electron chi connectivity index (χ4n) is 5.58. The monoisotopic (exact) mass is 530 g/mol. The second-order valence-corrected chi connectivity index (χ2v) is 12.2. The first kappa shape index (κ1) is 30.5. The summed E-state index contributed by atoms with van der Waals surface area (Å²) in [7, 11) is 1.94. The van der Waals surface area contributed by atoms with Gasteiger partial charge < -0.3 is 15.5 Å².